The van der Waals surface area contributed by atoms with Crippen molar-refractivity contribution in [1.29, 1.82) is 0 Å². The summed E-state index contributed by atoms with van der Waals surface area (Å²) in [5.41, 5.74) is -0.152. The number of nitrogens with zero attached hydrogens (tertiary/aromatic N) is 2. The van der Waals surface area contributed by atoms with Gasteiger partial charge >= 0.3 is 18.5 Å². The maximum Gasteiger partial charge on any atom is 0.422 e. The Labute approximate surface area is 178 Å². The molecule has 1 N–H and O–H groups in total. The van der Waals surface area contributed by atoms with Crippen molar-refractivity contribution in [1.82, 2.24) is 9.78 Å². The van der Waals surface area contributed by atoms with E-state index in [2.05, 4.69) is 19.3 Å². The van der Waals surface area contributed by atoms with Gasteiger partial charge in [0.1, 0.15) is 16.4 Å². The second-order valence-corrected chi connectivity index (χ2v) is 8.11. The fraction of sp³-hybridized carbons (Fsp3) is 0.471. The summed E-state index contributed by atoms with van der Waals surface area (Å²) >= 11 is 0. The van der Waals surface area contributed by atoms with Crippen LogP contribution >= 0.6 is 0 Å². The van der Waals surface area contributed by atoms with Crippen molar-refractivity contribution in [3.8, 4) is 11.5 Å². The molecule has 0 aliphatic carbocycles. The summed E-state index contributed by atoms with van der Waals surface area (Å²) in [4.78, 5) is -0.243. The van der Waals surface area contributed by atoms with Gasteiger partial charge in [0.25, 0.3) is 10.0 Å². The molecule has 0 spiro atoms. The Morgan fingerprint density at radius 2 is 1.62 bits per heavy atom. The zero-order chi connectivity index (χ0) is 24.3. The number of nitrogens with one attached hydrogen (secondary N) is 1. The highest BCUT2D eigenvalue weighted by atomic mass is 32.2. The Kier molecular flexibility index (Phi) is 7.52. The molecule has 1 heterocycles. The lowest BCUT2D eigenvalue weighted by molar-refractivity contribution is -0.153. The van der Waals surface area contributed by atoms with Crippen LogP contribution in [-0.4, -0.2) is 49.9 Å². The van der Waals surface area contributed by atoms with Crippen LogP contribution in [0.4, 0.5) is 36.4 Å². The standard InChI is InChI=1S/C17H18F7N3O4S/c1-3-27-10(2)14(7-25-27)32(28,29)26-11-4-12(30-8-16(20,21)15(18)19)6-13(5-11)31-9-17(22,23)24/h4-7,15,26H,3,8-9H2,1-2H3. The lowest BCUT2D eigenvalue weighted by Crippen LogP contribution is -2.33. The molecule has 0 bridgehead atoms. The summed E-state index contributed by atoms with van der Waals surface area (Å²) in [6, 6.07) is 2.41. The first-order valence-electron chi connectivity index (χ1n) is 8.83. The van der Waals surface area contributed by atoms with Crippen molar-refractivity contribution < 1.29 is 48.6 Å². The molecule has 2 rings (SSSR count). The van der Waals surface area contributed by atoms with Gasteiger partial charge in [-0.05, 0) is 13.8 Å². The minimum atomic E-state index is -4.76. The highest BCUT2D eigenvalue weighted by molar-refractivity contribution is 7.92. The van der Waals surface area contributed by atoms with E-state index in [4.69, 9.17) is 0 Å². The van der Waals surface area contributed by atoms with E-state index in [-0.39, 0.29) is 10.6 Å². The molecular formula is C17H18F7N3O4S. The van der Waals surface area contributed by atoms with Crippen molar-refractivity contribution >= 4 is 15.7 Å². The Morgan fingerprint density at radius 3 is 2.09 bits per heavy atom. The Morgan fingerprint density at radius 1 is 1.06 bits per heavy atom. The van der Waals surface area contributed by atoms with E-state index in [0.29, 0.717) is 6.54 Å². The average Bonchev–Trinajstić information content (AvgIpc) is 3.05. The molecule has 1 aromatic heterocycles. The molecule has 0 fully saturated rings. The van der Waals surface area contributed by atoms with Crippen LogP contribution < -0.4 is 14.2 Å². The zero-order valence-electron chi connectivity index (χ0n) is 16.6. The number of ether oxygens (including phenoxy) is 2. The summed E-state index contributed by atoms with van der Waals surface area (Å²) in [7, 11) is -4.30. The number of benzene rings is 1. The van der Waals surface area contributed by atoms with Crippen LogP contribution in [0.2, 0.25) is 0 Å². The number of sulfonamides is 1. The van der Waals surface area contributed by atoms with Gasteiger partial charge in [-0.2, -0.15) is 27.1 Å². The van der Waals surface area contributed by atoms with Gasteiger partial charge in [-0.3, -0.25) is 9.40 Å². The zero-order valence-corrected chi connectivity index (χ0v) is 17.4. The fourth-order valence-corrected chi connectivity index (χ4v) is 3.65. The van der Waals surface area contributed by atoms with Crippen LogP contribution in [0.3, 0.4) is 0 Å². The van der Waals surface area contributed by atoms with E-state index in [0.717, 1.165) is 24.4 Å². The van der Waals surface area contributed by atoms with Crippen LogP contribution in [0.25, 0.3) is 0 Å². The second kappa shape index (κ2) is 9.42. The molecule has 0 radical (unpaired) electrons. The molecule has 0 atom stereocenters. The van der Waals surface area contributed by atoms with E-state index >= 15 is 0 Å². The van der Waals surface area contributed by atoms with E-state index in [9.17, 15) is 39.2 Å². The molecule has 0 saturated carbocycles. The molecular weight excluding hydrogens is 475 g/mol. The van der Waals surface area contributed by atoms with Gasteiger partial charge in [0, 0.05) is 24.7 Å². The van der Waals surface area contributed by atoms with E-state index in [1.54, 1.807) is 6.92 Å². The fourth-order valence-electron chi connectivity index (χ4n) is 2.43. The topological polar surface area (TPSA) is 82.5 Å². The number of hydrogen-bond donors (Lipinski definition) is 1. The Bertz CT molecular complexity index is 1040. The van der Waals surface area contributed by atoms with Crippen molar-refractivity contribution in [3.63, 3.8) is 0 Å². The lowest BCUT2D eigenvalue weighted by atomic mass is 10.3. The van der Waals surface area contributed by atoms with Gasteiger partial charge < -0.3 is 9.47 Å². The Hall–Kier alpha value is -2.71. The first kappa shape index (κ1) is 25.5. The summed E-state index contributed by atoms with van der Waals surface area (Å²) in [5.74, 6) is -5.77. The summed E-state index contributed by atoms with van der Waals surface area (Å²) in [6.45, 7) is -0.0440. The maximum absolute atomic E-state index is 13.1. The smallest absolute Gasteiger partial charge is 0.422 e. The van der Waals surface area contributed by atoms with Crippen LogP contribution in [0.15, 0.2) is 29.3 Å². The van der Waals surface area contributed by atoms with Crippen LogP contribution in [-0.2, 0) is 16.6 Å². The van der Waals surface area contributed by atoms with E-state index < -0.39 is 58.9 Å². The summed E-state index contributed by atoms with van der Waals surface area (Å²) in [5, 5.41) is 3.88. The van der Waals surface area contributed by atoms with E-state index in [1.165, 1.54) is 11.6 Å². The van der Waals surface area contributed by atoms with Gasteiger partial charge in [0.2, 0.25) is 0 Å². The van der Waals surface area contributed by atoms with Crippen LogP contribution in [0.1, 0.15) is 12.6 Å². The number of alkyl halides is 7. The van der Waals surface area contributed by atoms with Crippen LogP contribution in [0, 0.1) is 6.92 Å². The molecule has 2 aromatic rings. The third-order valence-corrected chi connectivity index (χ3v) is 5.42. The molecule has 0 saturated heterocycles. The van der Waals surface area contributed by atoms with Crippen molar-refractivity contribution in [2.45, 2.75) is 43.8 Å². The quantitative estimate of drug-likeness (QED) is 0.501. The van der Waals surface area contributed by atoms with Crippen molar-refractivity contribution in [3.05, 3.63) is 30.1 Å². The third-order valence-electron chi connectivity index (χ3n) is 3.93. The molecule has 0 aliphatic heterocycles. The minimum Gasteiger partial charge on any atom is -0.487 e. The van der Waals surface area contributed by atoms with Gasteiger partial charge in [0.15, 0.2) is 13.2 Å². The highest BCUT2D eigenvalue weighted by Crippen LogP contribution is 2.31. The molecule has 0 aliphatic rings. The summed E-state index contributed by atoms with van der Waals surface area (Å²) < 4.78 is 126. The molecule has 32 heavy (non-hydrogen) atoms. The Balaban J connectivity index is 2.35. The molecule has 0 amide bonds. The van der Waals surface area contributed by atoms with Gasteiger partial charge in [-0.1, -0.05) is 0 Å². The van der Waals surface area contributed by atoms with Crippen molar-refractivity contribution in [2.75, 3.05) is 17.9 Å². The normalized spacial score (nSPS) is 12.8. The predicted octanol–water partition coefficient (Wildman–Crippen LogP) is 4.23. The molecule has 0 unspecified atom stereocenters. The van der Waals surface area contributed by atoms with Gasteiger partial charge in [-0.15, -0.1) is 0 Å². The monoisotopic (exact) mass is 493 g/mol. The van der Waals surface area contributed by atoms with E-state index in [1.807, 2.05) is 0 Å². The van der Waals surface area contributed by atoms with Crippen LogP contribution in [0.5, 0.6) is 11.5 Å². The summed E-state index contributed by atoms with van der Waals surface area (Å²) in [6.07, 6.45) is -7.76. The maximum atomic E-state index is 13.1. The largest absolute Gasteiger partial charge is 0.487 e. The molecule has 7 nitrogen and oxygen atoms in total. The molecule has 180 valence electrons. The lowest BCUT2D eigenvalue weighted by Gasteiger charge is -2.18. The first-order valence-corrected chi connectivity index (χ1v) is 10.3. The predicted molar refractivity (Wildman–Crippen MR) is 97.9 cm³/mol. The number of anilines is 1. The number of rotatable bonds is 10. The highest BCUT2D eigenvalue weighted by Gasteiger charge is 2.41. The number of aryl methyl sites for hydroxylation is 1. The second-order valence-electron chi connectivity index (χ2n) is 6.46. The number of halogens is 7. The van der Waals surface area contributed by atoms with Gasteiger partial charge in [-0.25, -0.2) is 17.2 Å². The molecule has 15 heteroatoms. The minimum absolute atomic E-state index is 0.243. The first-order chi connectivity index (χ1) is 14.6. The van der Waals surface area contributed by atoms with Gasteiger partial charge in [0.05, 0.1) is 17.6 Å². The molecule has 1 aromatic carbocycles. The SMILES string of the molecule is CCn1ncc(S(=O)(=O)Nc2cc(OCC(F)(F)F)cc(OCC(F)(F)C(F)F)c2)c1C. The van der Waals surface area contributed by atoms with Crippen molar-refractivity contribution in [2.24, 2.45) is 0 Å². The number of aromatic nitrogens is 2. The third kappa shape index (κ3) is 6.64. The number of hydrogen-bond acceptors (Lipinski definition) is 5. The average molecular weight is 493 g/mol.